The van der Waals surface area contributed by atoms with Crippen LogP contribution in [-0.4, -0.2) is 22.7 Å². The number of halogens is 1. The molecule has 1 atom stereocenters. The minimum atomic E-state index is -0.318. The van der Waals surface area contributed by atoms with Gasteiger partial charge in [-0.15, -0.1) is 0 Å². The lowest BCUT2D eigenvalue weighted by Crippen LogP contribution is -2.10. The van der Waals surface area contributed by atoms with E-state index in [9.17, 15) is 5.11 Å². The zero-order chi connectivity index (χ0) is 16.2. The first-order valence-corrected chi connectivity index (χ1v) is 9.09. The third kappa shape index (κ3) is 4.14. The summed E-state index contributed by atoms with van der Waals surface area (Å²) in [6, 6.07) is 7.94. The lowest BCUT2D eigenvalue weighted by molar-refractivity contribution is 0.199. The first kappa shape index (κ1) is 16.5. The van der Waals surface area contributed by atoms with Crippen molar-refractivity contribution in [2.24, 2.45) is 0 Å². The first-order valence-electron chi connectivity index (χ1n) is 7.90. The molecule has 3 N–H and O–H groups in total. The topological polar surface area (TPSA) is 48.0 Å². The second-order valence-electron chi connectivity index (χ2n) is 5.79. The van der Waals surface area contributed by atoms with Gasteiger partial charge in [-0.25, -0.2) is 0 Å². The molecule has 3 nitrogen and oxygen atoms in total. The van der Waals surface area contributed by atoms with Gasteiger partial charge in [-0.05, 0) is 56.5 Å². The second-order valence-corrected chi connectivity index (χ2v) is 7.31. The predicted octanol–water partition coefficient (Wildman–Crippen LogP) is 4.96. The number of aliphatic hydroxyl groups is 1. The molecule has 1 aliphatic rings. The Kier molecular flexibility index (Phi) is 5.36. The fourth-order valence-electron chi connectivity index (χ4n) is 2.65. The SMILES string of the molecule is CC(O)C/C=C/c1[nH]c2c(c1Sc1ccc(Cl)cc1)CCCN2. The van der Waals surface area contributed by atoms with Crippen LogP contribution >= 0.6 is 23.4 Å². The number of nitrogens with one attached hydrogen (secondary N) is 2. The molecule has 1 unspecified atom stereocenters. The second kappa shape index (κ2) is 7.47. The van der Waals surface area contributed by atoms with E-state index in [0.717, 1.165) is 35.9 Å². The van der Waals surface area contributed by atoms with Crippen molar-refractivity contribution >= 4 is 35.3 Å². The zero-order valence-corrected chi connectivity index (χ0v) is 14.7. The lowest BCUT2D eigenvalue weighted by atomic mass is 10.1. The summed E-state index contributed by atoms with van der Waals surface area (Å²) in [6.45, 7) is 2.81. The molecule has 0 saturated heterocycles. The third-order valence-electron chi connectivity index (χ3n) is 3.78. The molecular formula is C18H21ClN2OS. The van der Waals surface area contributed by atoms with Crippen molar-refractivity contribution in [1.82, 2.24) is 4.98 Å². The van der Waals surface area contributed by atoms with Gasteiger partial charge in [0.1, 0.15) is 5.82 Å². The van der Waals surface area contributed by atoms with Crippen LogP contribution in [0.4, 0.5) is 5.82 Å². The van der Waals surface area contributed by atoms with Gasteiger partial charge in [-0.3, -0.25) is 0 Å². The molecule has 0 fully saturated rings. The van der Waals surface area contributed by atoms with E-state index in [-0.39, 0.29) is 6.10 Å². The Morgan fingerprint density at radius 1 is 1.35 bits per heavy atom. The van der Waals surface area contributed by atoms with Gasteiger partial charge in [0.05, 0.1) is 11.8 Å². The number of hydrogen-bond donors (Lipinski definition) is 3. The Labute approximate surface area is 146 Å². The van der Waals surface area contributed by atoms with Crippen LogP contribution in [-0.2, 0) is 6.42 Å². The molecule has 2 heterocycles. The van der Waals surface area contributed by atoms with Crippen molar-refractivity contribution in [2.45, 2.75) is 42.1 Å². The van der Waals surface area contributed by atoms with E-state index < -0.39 is 0 Å². The Bertz CT molecular complexity index is 692. The molecular weight excluding hydrogens is 328 g/mol. The third-order valence-corrected chi connectivity index (χ3v) is 5.21. The number of hydrogen-bond acceptors (Lipinski definition) is 3. The number of fused-ring (bicyclic) bond motifs is 1. The largest absolute Gasteiger partial charge is 0.393 e. The van der Waals surface area contributed by atoms with E-state index >= 15 is 0 Å². The van der Waals surface area contributed by atoms with Crippen LogP contribution in [0.1, 0.15) is 31.0 Å². The molecule has 5 heteroatoms. The van der Waals surface area contributed by atoms with Crippen LogP contribution in [0.5, 0.6) is 0 Å². The fraction of sp³-hybridized carbons (Fsp3) is 0.333. The summed E-state index contributed by atoms with van der Waals surface area (Å²) in [7, 11) is 0. The lowest BCUT2D eigenvalue weighted by Gasteiger charge is -2.14. The monoisotopic (exact) mass is 348 g/mol. The van der Waals surface area contributed by atoms with Crippen LogP contribution in [0.2, 0.25) is 5.02 Å². The average molecular weight is 349 g/mol. The summed E-state index contributed by atoms with van der Waals surface area (Å²) in [5, 5.41) is 13.6. The summed E-state index contributed by atoms with van der Waals surface area (Å²) in [6.07, 6.45) is 6.66. The highest BCUT2D eigenvalue weighted by atomic mass is 35.5. The van der Waals surface area contributed by atoms with Gasteiger partial charge < -0.3 is 15.4 Å². The maximum absolute atomic E-state index is 9.43. The van der Waals surface area contributed by atoms with Crippen molar-refractivity contribution < 1.29 is 5.11 Å². The minimum absolute atomic E-state index is 0.318. The maximum Gasteiger partial charge on any atom is 0.108 e. The summed E-state index contributed by atoms with van der Waals surface area (Å²) in [5.41, 5.74) is 2.46. The van der Waals surface area contributed by atoms with Gasteiger partial charge in [-0.1, -0.05) is 29.4 Å². The number of aromatic nitrogens is 1. The summed E-state index contributed by atoms with van der Waals surface area (Å²) >= 11 is 7.74. The van der Waals surface area contributed by atoms with Crippen molar-refractivity contribution in [3.63, 3.8) is 0 Å². The normalized spacial score (nSPS) is 15.4. The fourth-order valence-corrected chi connectivity index (χ4v) is 3.84. The highest BCUT2D eigenvalue weighted by molar-refractivity contribution is 7.99. The molecule has 2 aromatic rings. The van der Waals surface area contributed by atoms with E-state index in [2.05, 4.69) is 16.4 Å². The van der Waals surface area contributed by atoms with E-state index in [1.165, 1.54) is 15.4 Å². The number of benzene rings is 1. The van der Waals surface area contributed by atoms with Crippen molar-refractivity contribution in [1.29, 1.82) is 0 Å². The van der Waals surface area contributed by atoms with Crippen LogP contribution in [0.3, 0.4) is 0 Å². The van der Waals surface area contributed by atoms with Gasteiger partial charge in [0.15, 0.2) is 0 Å². The molecule has 0 spiro atoms. The smallest absolute Gasteiger partial charge is 0.108 e. The van der Waals surface area contributed by atoms with Gasteiger partial charge in [-0.2, -0.15) is 0 Å². The van der Waals surface area contributed by atoms with Crippen molar-refractivity contribution in [3.8, 4) is 0 Å². The first-order chi connectivity index (χ1) is 11.1. The molecule has 122 valence electrons. The van der Waals surface area contributed by atoms with E-state index in [1.807, 2.05) is 30.3 Å². The Morgan fingerprint density at radius 3 is 2.87 bits per heavy atom. The number of anilines is 1. The van der Waals surface area contributed by atoms with Crippen LogP contribution in [0.15, 0.2) is 40.1 Å². The zero-order valence-electron chi connectivity index (χ0n) is 13.1. The van der Waals surface area contributed by atoms with Crippen LogP contribution < -0.4 is 5.32 Å². The standard InChI is InChI=1S/C18H21ClN2OS/c1-12(22)4-2-6-16-17(15-5-3-11-20-18(15)21-16)23-14-9-7-13(19)8-10-14/h2,6-10,12,20-22H,3-5,11H2,1H3/b6-2+. The Morgan fingerprint density at radius 2 is 2.13 bits per heavy atom. The number of rotatable bonds is 5. The Balaban J connectivity index is 1.90. The number of aromatic amines is 1. The summed E-state index contributed by atoms with van der Waals surface area (Å²) in [5.74, 6) is 1.13. The minimum Gasteiger partial charge on any atom is -0.393 e. The highest BCUT2D eigenvalue weighted by Crippen LogP contribution is 2.40. The highest BCUT2D eigenvalue weighted by Gasteiger charge is 2.19. The number of H-pyrrole nitrogens is 1. The van der Waals surface area contributed by atoms with Crippen LogP contribution in [0, 0.1) is 0 Å². The molecule has 0 aliphatic carbocycles. The molecule has 0 saturated carbocycles. The molecule has 3 rings (SSSR count). The van der Waals surface area contributed by atoms with Crippen LogP contribution in [0.25, 0.3) is 6.08 Å². The summed E-state index contributed by atoms with van der Waals surface area (Å²) < 4.78 is 0. The van der Waals surface area contributed by atoms with Gasteiger partial charge in [0.25, 0.3) is 0 Å². The Hall–Kier alpha value is -1.36. The molecule has 0 amide bonds. The van der Waals surface area contributed by atoms with E-state index in [0.29, 0.717) is 6.42 Å². The van der Waals surface area contributed by atoms with Crippen molar-refractivity contribution in [2.75, 3.05) is 11.9 Å². The maximum atomic E-state index is 9.43. The number of aliphatic hydroxyl groups excluding tert-OH is 1. The van der Waals surface area contributed by atoms with E-state index in [1.54, 1.807) is 18.7 Å². The van der Waals surface area contributed by atoms with E-state index in [4.69, 9.17) is 11.6 Å². The van der Waals surface area contributed by atoms with Gasteiger partial charge in [0.2, 0.25) is 0 Å². The molecule has 1 aromatic carbocycles. The predicted molar refractivity (Wildman–Crippen MR) is 98.5 cm³/mol. The molecule has 23 heavy (non-hydrogen) atoms. The van der Waals surface area contributed by atoms with Gasteiger partial charge >= 0.3 is 0 Å². The van der Waals surface area contributed by atoms with Crippen molar-refractivity contribution in [3.05, 3.63) is 46.6 Å². The summed E-state index contributed by atoms with van der Waals surface area (Å²) in [4.78, 5) is 5.91. The molecule has 0 radical (unpaired) electrons. The molecule has 1 aliphatic heterocycles. The quantitative estimate of drug-likeness (QED) is 0.715. The molecule has 0 bridgehead atoms. The van der Waals surface area contributed by atoms with Gasteiger partial charge in [0, 0.05) is 26.9 Å². The average Bonchev–Trinajstić information content (AvgIpc) is 2.87. The molecule has 1 aromatic heterocycles.